The Morgan fingerprint density at radius 1 is 1.16 bits per heavy atom. The first-order valence-corrected chi connectivity index (χ1v) is 10.7. The summed E-state index contributed by atoms with van der Waals surface area (Å²) < 4.78 is 6.07. The van der Waals surface area contributed by atoms with E-state index in [1.807, 2.05) is 36.4 Å². The number of rotatable bonds is 8. The highest BCUT2D eigenvalue weighted by molar-refractivity contribution is 6.43. The van der Waals surface area contributed by atoms with Crippen LogP contribution in [0.2, 0.25) is 10.0 Å². The lowest BCUT2D eigenvalue weighted by Crippen LogP contribution is -2.36. The highest BCUT2D eigenvalue weighted by Crippen LogP contribution is 2.34. The summed E-state index contributed by atoms with van der Waals surface area (Å²) in [6.07, 6.45) is 1.98. The van der Waals surface area contributed by atoms with Crippen molar-refractivity contribution in [2.24, 2.45) is 4.99 Å². The number of nitrogens with one attached hydrogen (secondary N) is 2. The van der Waals surface area contributed by atoms with E-state index in [0.29, 0.717) is 52.5 Å². The molecule has 0 aromatic heterocycles. The van der Waals surface area contributed by atoms with Crippen LogP contribution in [0, 0.1) is 0 Å². The molecule has 1 aliphatic heterocycles. The number of hydrogen-bond donors (Lipinski definition) is 4. The summed E-state index contributed by atoms with van der Waals surface area (Å²) in [5.41, 5.74) is 2.42. The van der Waals surface area contributed by atoms with Crippen LogP contribution in [0.3, 0.4) is 0 Å². The van der Waals surface area contributed by atoms with Crippen molar-refractivity contribution in [2.45, 2.75) is 19.1 Å². The molecule has 1 atom stereocenters. The van der Waals surface area contributed by atoms with Crippen molar-refractivity contribution < 1.29 is 14.9 Å². The van der Waals surface area contributed by atoms with Gasteiger partial charge in [-0.1, -0.05) is 59.6 Å². The highest BCUT2D eigenvalue weighted by Gasteiger charge is 2.26. The fourth-order valence-corrected chi connectivity index (χ4v) is 3.44. The lowest BCUT2D eigenvalue weighted by molar-refractivity contribution is 0.163. The number of aliphatic hydroxyl groups excluding tert-OH is 2. The lowest BCUT2D eigenvalue weighted by atomic mass is 9.98. The minimum Gasteiger partial charge on any atom is -0.437 e. The van der Waals surface area contributed by atoms with Crippen LogP contribution in [0.5, 0.6) is 5.75 Å². The van der Waals surface area contributed by atoms with Crippen LogP contribution < -0.4 is 15.4 Å². The molecule has 4 N–H and O–H groups in total. The summed E-state index contributed by atoms with van der Waals surface area (Å²) in [4.78, 5) is 4.62. The zero-order valence-electron chi connectivity index (χ0n) is 17.1. The van der Waals surface area contributed by atoms with Gasteiger partial charge in [-0.15, -0.1) is 0 Å². The molecule has 3 rings (SSSR count). The summed E-state index contributed by atoms with van der Waals surface area (Å²) in [5, 5.41) is 26.4. The van der Waals surface area contributed by atoms with E-state index < -0.39 is 6.23 Å². The number of aliphatic hydroxyl groups is 2. The van der Waals surface area contributed by atoms with Crippen molar-refractivity contribution in [1.29, 1.82) is 0 Å². The van der Waals surface area contributed by atoms with Crippen molar-refractivity contribution in [3.05, 3.63) is 81.1 Å². The van der Waals surface area contributed by atoms with E-state index in [1.54, 1.807) is 25.2 Å². The molecule has 8 heteroatoms. The number of halogens is 2. The molecule has 6 nitrogen and oxygen atoms in total. The second kappa shape index (κ2) is 11.3. The third kappa shape index (κ3) is 6.09. The van der Waals surface area contributed by atoms with Crippen LogP contribution in [-0.2, 0) is 0 Å². The molecule has 0 fully saturated rings. The summed E-state index contributed by atoms with van der Waals surface area (Å²) in [6, 6.07) is 14.9. The van der Waals surface area contributed by atoms with Crippen molar-refractivity contribution >= 4 is 35.2 Å². The molecule has 1 unspecified atom stereocenters. The molecule has 0 saturated carbocycles. The molecular weight excluding hydrogens is 437 g/mol. The second-order valence-corrected chi connectivity index (χ2v) is 7.67. The minimum absolute atomic E-state index is 0.0490. The molecule has 1 heterocycles. The summed E-state index contributed by atoms with van der Waals surface area (Å²) in [7, 11) is 1.73. The fourth-order valence-electron chi connectivity index (χ4n) is 3.11. The third-order valence-corrected chi connectivity index (χ3v) is 5.48. The zero-order valence-corrected chi connectivity index (χ0v) is 18.6. The van der Waals surface area contributed by atoms with Gasteiger partial charge in [-0.05, 0) is 36.7 Å². The van der Waals surface area contributed by atoms with Gasteiger partial charge in [-0.2, -0.15) is 4.99 Å². The van der Waals surface area contributed by atoms with Gasteiger partial charge in [0.15, 0.2) is 0 Å². The average molecular weight is 462 g/mol. The van der Waals surface area contributed by atoms with Crippen molar-refractivity contribution in [2.75, 3.05) is 20.2 Å². The monoisotopic (exact) mass is 461 g/mol. The summed E-state index contributed by atoms with van der Waals surface area (Å²) >= 11 is 12.4. The van der Waals surface area contributed by atoms with Crippen molar-refractivity contribution in [3.63, 3.8) is 0 Å². The second-order valence-electron chi connectivity index (χ2n) is 6.89. The van der Waals surface area contributed by atoms with Gasteiger partial charge in [0.1, 0.15) is 22.8 Å². The van der Waals surface area contributed by atoms with E-state index >= 15 is 0 Å². The molecule has 0 amide bonds. The van der Waals surface area contributed by atoms with Crippen LogP contribution in [0.4, 0.5) is 0 Å². The molecule has 2 aromatic carbocycles. The SMILES string of the molecule is CNC1=C(C(O)NCCCO)C/C(=C/c2ccccc2)C(Oc2cccc(Cl)c2Cl)=N1. The van der Waals surface area contributed by atoms with E-state index in [2.05, 4.69) is 15.6 Å². The topological polar surface area (TPSA) is 86.1 Å². The van der Waals surface area contributed by atoms with Crippen molar-refractivity contribution in [1.82, 2.24) is 10.6 Å². The Morgan fingerprint density at radius 3 is 2.65 bits per heavy atom. The van der Waals surface area contributed by atoms with E-state index in [9.17, 15) is 5.11 Å². The quantitative estimate of drug-likeness (QED) is 0.352. The van der Waals surface area contributed by atoms with Gasteiger partial charge < -0.3 is 20.3 Å². The maximum absolute atomic E-state index is 10.7. The number of nitrogens with zero attached hydrogens (tertiary/aromatic N) is 1. The van der Waals surface area contributed by atoms with E-state index in [4.69, 9.17) is 33.0 Å². The van der Waals surface area contributed by atoms with Gasteiger partial charge in [-0.25, -0.2) is 0 Å². The first kappa shape index (κ1) is 23.3. The minimum atomic E-state index is -0.923. The Balaban J connectivity index is 1.99. The molecule has 0 radical (unpaired) electrons. The van der Waals surface area contributed by atoms with Crippen LogP contribution in [0.1, 0.15) is 18.4 Å². The number of aliphatic imine (C=N–C) groups is 1. The molecule has 0 spiro atoms. The summed E-state index contributed by atoms with van der Waals surface area (Å²) in [6.45, 7) is 0.522. The Kier molecular flexibility index (Phi) is 8.51. The zero-order chi connectivity index (χ0) is 22.2. The van der Waals surface area contributed by atoms with Gasteiger partial charge in [-0.3, -0.25) is 5.32 Å². The van der Waals surface area contributed by atoms with E-state index in [0.717, 1.165) is 11.1 Å². The van der Waals surface area contributed by atoms with Crippen LogP contribution in [0.15, 0.2) is 70.5 Å². The van der Waals surface area contributed by atoms with Gasteiger partial charge in [0.2, 0.25) is 5.90 Å². The fraction of sp³-hybridized carbons (Fsp3) is 0.261. The molecule has 164 valence electrons. The lowest BCUT2D eigenvalue weighted by Gasteiger charge is -2.25. The normalized spacial score (nSPS) is 16.3. The van der Waals surface area contributed by atoms with Gasteiger partial charge in [0.05, 0.1) is 5.02 Å². The molecule has 0 saturated heterocycles. The number of ether oxygens (including phenoxy) is 1. The standard InChI is InChI=1S/C23H25Cl2N3O3/c1-26-21-17(22(30)27-11-6-12-29)14-16(13-15-7-3-2-4-8-15)23(28-21)31-19-10-5-9-18(24)20(19)25/h2-5,7-10,13,22,26-27,29-30H,6,11-12,14H2,1H3/b16-13-. The molecule has 31 heavy (non-hydrogen) atoms. The average Bonchev–Trinajstić information content (AvgIpc) is 2.78. The maximum Gasteiger partial charge on any atom is 0.224 e. The first-order valence-electron chi connectivity index (χ1n) is 9.93. The highest BCUT2D eigenvalue weighted by atomic mass is 35.5. The van der Waals surface area contributed by atoms with Crippen LogP contribution >= 0.6 is 23.2 Å². The molecular formula is C23H25Cl2N3O3. The molecule has 0 aliphatic carbocycles. The third-order valence-electron chi connectivity index (χ3n) is 4.68. The number of hydrogen-bond acceptors (Lipinski definition) is 6. The Hall–Kier alpha value is -2.35. The Labute approximate surface area is 191 Å². The Morgan fingerprint density at radius 2 is 1.94 bits per heavy atom. The maximum atomic E-state index is 10.7. The Bertz CT molecular complexity index is 991. The number of benzene rings is 2. The predicted molar refractivity (Wildman–Crippen MR) is 125 cm³/mol. The molecule has 1 aliphatic rings. The van der Waals surface area contributed by atoms with Crippen LogP contribution in [-0.4, -0.2) is 42.5 Å². The molecule has 0 bridgehead atoms. The largest absolute Gasteiger partial charge is 0.437 e. The van der Waals surface area contributed by atoms with Gasteiger partial charge in [0, 0.05) is 31.2 Å². The molecule has 2 aromatic rings. The van der Waals surface area contributed by atoms with E-state index in [1.165, 1.54) is 0 Å². The van der Waals surface area contributed by atoms with Crippen LogP contribution in [0.25, 0.3) is 6.08 Å². The van der Waals surface area contributed by atoms with E-state index in [-0.39, 0.29) is 6.61 Å². The smallest absolute Gasteiger partial charge is 0.224 e. The van der Waals surface area contributed by atoms with Gasteiger partial charge in [0.25, 0.3) is 0 Å². The van der Waals surface area contributed by atoms with Gasteiger partial charge >= 0.3 is 0 Å². The predicted octanol–water partition coefficient (Wildman–Crippen LogP) is 3.98. The van der Waals surface area contributed by atoms with Crippen molar-refractivity contribution in [3.8, 4) is 5.75 Å². The summed E-state index contributed by atoms with van der Waals surface area (Å²) in [5.74, 6) is 1.26. The first-order chi connectivity index (χ1) is 15.0.